The third kappa shape index (κ3) is 6.49. The predicted octanol–water partition coefficient (Wildman–Crippen LogP) is 19.0. The first-order valence-electron chi connectivity index (χ1n) is 23.4. The van der Waals surface area contributed by atoms with Crippen LogP contribution in [0.4, 0.5) is 0 Å². The molecule has 8 aromatic carbocycles. The third-order valence-electron chi connectivity index (χ3n) is 14.4. The van der Waals surface area contributed by atoms with E-state index >= 15 is 0 Å². The first-order chi connectivity index (χ1) is 32.8. The number of furan rings is 2. The maximum atomic E-state index is 6.58. The van der Waals surface area contributed by atoms with Gasteiger partial charge in [-0.2, -0.15) is 0 Å². The number of aryl methyl sites for hydroxylation is 2. The number of hydrogen-bond donors (Lipinski definition) is 0. The van der Waals surface area contributed by atoms with Gasteiger partial charge < -0.3 is 8.83 Å². The van der Waals surface area contributed by atoms with E-state index < -0.39 is 0 Å². The fourth-order valence-electron chi connectivity index (χ4n) is 10.7. The third-order valence-corrected chi connectivity index (χ3v) is 16.8. The van der Waals surface area contributed by atoms with Crippen molar-refractivity contribution in [3.05, 3.63) is 204 Å². The molecule has 0 bridgehead atoms. The molecule has 0 saturated heterocycles. The van der Waals surface area contributed by atoms with Gasteiger partial charge in [0.05, 0.1) is 0 Å². The van der Waals surface area contributed by atoms with Gasteiger partial charge in [-0.3, -0.25) is 0 Å². The lowest BCUT2D eigenvalue weighted by molar-refractivity contribution is 0.647. The molecule has 0 radical (unpaired) electrons. The molecule has 12 aromatic rings. The minimum absolute atomic E-state index is 0.137. The highest BCUT2D eigenvalue weighted by Crippen LogP contribution is 2.52. The Morgan fingerprint density at radius 2 is 0.806 bits per heavy atom. The van der Waals surface area contributed by atoms with Crippen molar-refractivity contribution in [3.63, 3.8) is 0 Å². The molecule has 1 aliphatic carbocycles. The van der Waals surface area contributed by atoms with Gasteiger partial charge in [-0.1, -0.05) is 119 Å². The maximum Gasteiger partial charge on any atom is 0.135 e. The van der Waals surface area contributed by atoms with E-state index in [9.17, 15) is 0 Å². The lowest BCUT2D eigenvalue weighted by Crippen LogP contribution is -2.15. The highest BCUT2D eigenvalue weighted by atomic mass is 32.1. The molecule has 0 saturated carbocycles. The summed E-state index contributed by atoms with van der Waals surface area (Å²) in [6, 6.07) is 67.1. The summed E-state index contributed by atoms with van der Waals surface area (Å²) in [6.07, 6.45) is 1.89. The molecular weight excluding hydrogens is 853 g/mol. The van der Waals surface area contributed by atoms with Gasteiger partial charge in [0.25, 0.3) is 0 Å². The Labute approximate surface area is 398 Å². The van der Waals surface area contributed by atoms with Crippen LogP contribution in [0.15, 0.2) is 191 Å². The van der Waals surface area contributed by atoms with E-state index in [2.05, 4.69) is 210 Å². The number of benzene rings is 8. The Hall–Kier alpha value is -7.24. The summed E-state index contributed by atoms with van der Waals surface area (Å²) >= 11 is 3.70. The highest BCUT2D eigenvalue weighted by molar-refractivity contribution is 7.25. The first kappa shape index (κ1) is 40.1. The molecule has 322 valence electrons. The Kier molecular flexibility index (Phi) is 9.22. The second kappa shape index (κ2) is 15.4. The molecule has 4 heterocycles. The van der Waals surface area contributed by atoms with Crippen LogP contribution in [0.5, 0.6) is 0 Å². The molecule has 0 spiro atoms. The Balaban J connectivity index is 0.812. The van der Waals surface area contributed by atoms with E-state index in [-0.39, 0.29) is 5.41 Å². The van der Waals surface area contributed by atoms with E-state index in [1.807, 2.05) is 22.7 Å². The van der Waals surface area contributed by atoms with Crippen molar-refractivity contribution >= 4 is 66.6 Å². The van der Waals surface area contributed by atoms with Crippen molar-refractivity contribution in [1.29, 1.82) is 0 Å². The molecule has 2 nitrogen and oxygen atoms in total. The van der Waals surface area contributed by atoms with Crippen LogP contribution in [0.3, 0.4) is 0 Å². The fraction of sp³-hybridized carbons (Fsp3) is 0.111. The summed E-state index contributed by atoms with van der Waals surface area (Å²) in [5.74, 6) is 0. The smallest absolute Gasteiger partial charge is 0.135 e. The Morgan fingerprint density at radius 3 is 1.39 bits per heavy atom. The van der Waals surface area contributed by atoms with E-state index in [0.717, 1.165) is 51.3 Å². The number of thiophene rings is 2. The van der Waals surface area contributed by atoms with Crippen molar-refractivity contribution in [3.8, 4) is 75.1 Å². The SMILES string of the molecule is CCc1cc(-c2ccccc2)ccc1-c1cc2c(cc1CC)oc1ccc(-c3ccc(-c4ccc(-c5ccc6oc7cc8c(cc7c6c5)-c5ccc(-c6ccccc6)cc5C8(C)C)s4)s3)cc12. The molecule has 0 aliphatic heterocycles. The van der Waals surface area contributed by atoms with Gasteiger partial charge >= 0.3 is 0 Å². The Bertz CT molecular complexity index is 3910. The molecule has 0 fully saturated rings. The van der Waals surface area contributed by atoms with Gasteiger partial charge in [-0.05, 0) is 182 Å². The summed E-state index contributed by atoms with van der Waals surface area (Å²) < 4.78 is 13.1. The van der Waals surface area contributed by atoms with Crippen LogP contribution in [0.25, 0.3) is 119 Å². The minimum Gasteiger partial charge on any atom is -0.456 e. The summed E-state index contributed by atoms with van der Waals surface area (Å²) in [5, 5.41) is 4.64. The second-order valence-electron chi connectivity index (χ2n) is 18.5. The highest BCUT2D eigenvalue weighted by Gasteiger charge is 2.36. The van der Waals surface area contributed by atoms with E-state index in [0.29, 0.717) is 0 Å². The maximum absolute atomic E-state index is 6.58. The number of rotatable bonds is 8. The lowest BCUT2D eigenvalue weighted by atomic mass is 9.81. The predicted molar refractivity (Wildman–Crippen MR) is 286 cm³/mol. The van der Waals surface area contributed by atoms with Gasteiger partial charge in [0.2, 0.25) is 0 Å². The van der Waals surface area contributed by atoms with E-state index in [4.69, 9.17) is 8.83 Å². The number of hydrogen-bond acceptors (Lipinski definition) is 4. The zero-order chi connectivity index (χ0) is 45.0. The van der Waals surface area contributed by atoms with Crippen molar-refractivity contribution in [2.45, 2.75) is 46.0 Å². The van der Waals surface area contributed by atoms with Gasteiger partial charge in [0, 0.05) is 46.5 Å². The standard InChI is InChI=1S/C63H46O2S2/c1-5-37-29-41(39-13-9-7-10-14-39)17-21-45(37)47-34-51-49-30-43(19-23-55(49)64-57(51)33-38(47)6-2)59-25-27-61(66-59)62-28-26-60(67-62)44-20-24-56-50(31-44)52-35-48-46-22-18-42(40-15-11-8-12-16-40)32-53(46)63(3,4)54(48)36-58(52)65-56/h7-36H,5-6H2,1-4H3. The van der Waals surface area contributed by atoms with Crippen LogP contribution in [0, 0.1) is 0 Å². The quantitative estimate of drug-likeness (QED) is 0.152. The van der Waals surface area contributed by atoms with Gasteiger partial charge in [0.1, 0.15) is 22.3 Å². The first-order valence-corrected chi connectivity index (χ1v) is 25.0. The average molecular weight is 899 g/mol. The molecule has 0 amide bonds. The largest absolute Gasteiger partial charge is 0.456 e. The van der Waals surface area contributed by atoms with Gasteiger partial charge in [-0.25, -0.2) is 0 Å². The topological polar surface area (TPSA) is 26.3 Å². The lowest BCUT2D eigenvalue weighted by Gasteiger charge is -2.22. The monoisotopic (exact) mass is 898 g/mol. The zero-order valence-corrected chi connectivity index (χ0v) is 39.5. The van der Waals surface area contributed by atoms with Crippen molar-refractivity contribution in [2.75, 3.05) is 0 Å². The minimum atomic E-state index is -0.137. The van der Waals surface area contributed by atoms with Crippen LogP contribution in [-0.4, -0.2) is 0 Å². The van der Waals surface area contributed by atoms with E-state index in [1.165, 1.54) is 103 Å². The van der Waals surface area contributed by atoms with E-state index in [1.54, 1.807) is 0 Å². The number of fused-ring (bicyclic) bond motifs is 9. The van der Waals surface area contributed by atoms with Gasteiger partial charge in [-0.15, -0.1) is 22.7 Å². The van der Waals surface area contributed by atoms with Crippen molar-refractivity contribution in [1.82, 2.24) is 0 Å². The summed E-state index contributed by atoms with van der Waals surface area (Å²) in [5.41, 5.74) is 21.6. The molecule has 4 aromatic heterocycles. The van der Waals surface area contributed by atoms with Crippen LogP contribution in [0.2, 0.25) is 0 Å². The molecule has 0 atom stereocenters. The molecule has 67 heavy (non-hydrogen) atoms. The molecule has 1 aliphatic rings. The van der Waals surface area contributed by atoms with Crippen LogP contribution in [-0.2, 0) is 18.3 Å². The molecule has 13 rings (SSSR count). The fourth-order valence-corrected chi connectivity index (χ4v) is 12.8. The molecule has 0 N–H and O–H groups in total. The Morgan fingerprint density at radius 1 is 0.343 bits per heavy atom. The van der Waals surface area contributed by atoms with Crippen molar-refractivity contribution in [2.24, 2.45) is 0 Å². The zero-order valence-electron chi connectivity index (χ0n) is 37.9. The van der Waals surface area contributed by atoms with Gasteiger partial charge in [0.15, 0.2) is 0 Å². The summed E-state index contributed by atoms with van der Waals surface area (Å²) in [7, 11) is 0. The average Bonchev–Trinajstić information content (AvgIpc) is 4.22. The summed E-state index contributed by atoms with van der Waals surface area (Å²) in [6.45, 7) is 9.19. The normalized spacial score (nSPS) is 13.0. The summed E-state index contributed by atoms with van der Waals surface area (Å²) in [4.78, 5) is 5.03. The van der Waals surface area contributed by atoms with Crippen molar-refractivity contribution < 1.29 is 8.83 Å². The molecule has 4 heteroatoms. The van der Waals surface area contributed by atoms with Crippen LogP contribution < -0.4 is 0 Å². The molecule has 0 unspecified atom stereocenters. The van der Waals surface area contributed by atoms with Crippen LogP contribution in [0.1, 0.15) is 49.9 Å². The second-order valence-corrected chi connectivity index (χ2v) is 20.7. The molecular formula is C63H46O2S2. The van der Waals surface area contributed by atoms with Crippen LogP contribution >= 0.6 is 22.7 Å².